The van der Waals surface area contributed by atoms with Crippen molar-refractivity contribution in [1.29, 1.82) is 0 Å². The van der Waals surface area contributed by atoms with Gasteiger partial charge in [-0.05, 0) is 65.5 Å². The van der Waals surface area contributed by atoms with Gasteiger partial charge in [0.25, 0.3) is 11.1 Å². The van der Waals surface area contributed by atoms with Crippen molar-refractivity contribution in [2.45, 2.75) is 91.6 Å². The van der Waals surface area contributed by atoms with Gasteiger partial charge in [0.2, 0.25) is 11.9 Å². The van der Waals surface area contributed by atoms with Crippen LogP contribution in [0.5, 0.6) is 0 Å². The average molecular weight is 957 g/mol. The molecule has 0 aliphatic carbocycles. The standard InChI is InChI=1S/C51H56N16O4/c1-7-9-25-64-42-44(60(5)50(70)66(46(42)68)29-40-54-32(3)36-19-11-13-21-38(36)56-40)58-48(64)62-23-15-17-34(27-62)52-31-53-35-18-16-24-63(28-35)49-59-45-43(65(49)26-10-8-2)47(69)67(51(71)61(45)6)30-41-55-33(4)37-20-12-14-22-39(37)57-41/h11-14,19-22,34-35,52-53H,15-18,23-31H2,1-6H3/t34-,35-/m1/s1. The molecule has 0 radical (unpaired) electrons. The Bertz CT molecular complexity index is 3540. The van der Waals surface area contributed by atoms with Crippen LogP contribution >= 0.6 is 0 Å². The molecule has 2 aromatic carbocycles. The first-order chi connectivity index (χ1) is 34.4. The number of nitrogens with zero attached hydrogens (tertiary/aromatic N) is 14. The first kappa shape index (κ1) is 46.8. The van der Waals surface area contributed by atoms with Gasteiger partial charge >= 0.3 is 11.4 Å². The minimum atomic E-state index is -0.501. The van der Waals surface area contributed by atoms with Crippen molar-refractivity contribution < 1.29 is 0 Å². The van der Waals surface area contributed by atoms with E-state index in [1.807, 2.05) is 71.5 Å². The number of fused-ring (bicyclic) bond motifs is 4. The van der Waals surface area contributed by atoms with E-state index in [1.54, 1.807) is 27.9 Å². The Morgan fingerprint density at radius 2 is 1.00 bits per heavy atom. The molecule has 10 rings (SSSR count). The molecule has 8 heterocycles. The topological polar surface area (TPSA) is 206 Å². The van der Waals surface area contributed by atoms with Gasteiger partial charge in [-0.3, -0.25) is 47.6 Å². The van der Waals surface area contributed by atoms with Crippen LogP contribution in [0, 0.1) is 37.5 Å². The zero-order chi connectivity index (χ0) is 49.5. The van der Waals surface area contributed by atoms with E-state index in [9.17, 15) is 19.2 Å². The SMILES string of the molecule is CC#CCn1c(N2CCC[C@@H](NCN[C@@H]3CCCN(c4nc5c(c(=O)n(Cc6nc(C)c7ccccc7n6)c(=O)n5C)n4CC#CC)C3)C2)nc2c1c(=O)n(Cc1nc(C)c3ccccc3n1)c(=O)n2C. The smallest absolute Gasteiger partial charge is 0.332 e. The molecule has 2 saturated heterocycles. The molecule has 0 unspecified atom stereocenters. The van der Waals surface area contributed by atoms with E-state index in [0.717, 1.165) is 72.0 Å². The monoisotopic (exact) mass is 956 g/mol. The maximum absolute atomic E-state index is 14.4. The van der Waals surface area contributed by atoms with E-state index < -0.39 is 22.5 Å². The van der Waals surface area contributed by atoms with Gasteiger partial charge in [0.1, 0.15) is 11.6 Å². The number of hydrogen-bond donors (Lipinski definition) is 2. The number of imidazole rings is 2. The van der Waals surface area contributed by atoms with Gasteiger partial charge in [0.05, 0.1) is 37.2 Å². The van der Waals surface area contributed by atoms with Crippen LogP contribution in [0.3, 0.4) is 0 Å². The zero-order valence-corrected chi connectivity index (χ0v) is 40.9. The predicted molar refractivity (Wildman–Crippen MR) is 274 cm³/mol. The van der Waals surface area contributed by atoms with Crippen molar-refractivity contribution in [3.8, 4) is 23.7 Å². The summed E-state index contributed by atoms with van der Waals surface area (Å²) in [6.07, 6.45) is 3.64. The molecule has 71 heavy (non-hydrogen) atoms. The van der Waals surface area contributed by atoms with Gasteiger partial charge in [-0.2, -0.15) is 9.97 Å². The Labute approximate surface area is 408 Å². The quantitative estimate of drug-likeness (QED) is 0.134. The highest BCUT2D eigenvalue weighted by molar-refractivity contribution is 5.81. The minimum Gasteiger partial charge on any atom is -0.341 e. The van der Waals surface area contributed by atoms with E-state index in [-0.39, 0.29) is 38.3 Å². The first-order valence-corrected chi connectivity index (χ1v) is 24.0. The lowest BCUT2D eigenvalue weighted by molar-refractivity contribution is 0.360. The highest BCUT2D eigenvalue weighted by atomic mass is 16.2. The largest absolute Gasteiger partial charge is 0.341 e. The summed E-state index contributed by atoms with van der Waals surface area (Å²) in [4.78, 5) is 89.4. The number of nitrogens with one attached hydrogen (secondary N) is 2. The molecule has 8 aromatic rings. The lowest BCUT2D eigenvalue weighted by Gasteiger charge is -2.36. The molecular formula is C51H56N16O4. The highest BCUT2D eigenvalue weighted by Gasteiger charge is 2.30. The van der Waals surface area contributed by atoms with Crippen molar-refractivity contribution in [2.75, 3.05) is 42.6 Å². The molecule has 0 bridgehead atoms. The molecule has 0 saturated carbocycles. The molecule has 0 spiro atoms. The summed E-state index contributed by atoms with van der Waals surface area (Å²) in [5.41, 5.74) is 2.29. The first-order valence-electron chi connectivity index (χ1n) is 24.0. The number of hydrogen-bond acceptors (Lipinski definition) is 14. The molecule has 20 heteroatoms. The third-order valence-corrected chi connectivity index (χ3v) is 13.7. The summed E-state index contributed by atoms with van der Waals surface area (Å²) < 4.78 is 8.89. The van der Waals surface area contributed by atoms with Gasteiger partial charge in [0, 0.05) is 81.2 Å². The fourth-order valence-electron chi connectivity index (χ4n) is 10.1. The Balaban J connectivity index is 0.858. The summed E-state index contributed by atoms with van der Waals surface area (Å²) in [6.45, 7) is 10.8. The molecule has 364 valence electrons. The molecule has 2 N–H and O–H groups in total. The Morgan fingerprint density at radius 3 is 1.42 bits per heavy atom. The molecule has 2 fully saturated rings. The molecule has 6 aromatic heterocycles. The average Bonchev–Trinajstić information content (AvgIpc) is 3.96. The van der Waals surface area contributed by atoms with Crippen molar-refractivity contribution in [2.24, 2.45) is 14.1 Å². The highest BCUT2D eigenvalue weighted by Crippen LogP contribution is 2.26. The number of benzene rings is 2. The summed E-state index contributed by atoms with van der Waals surface area (Å²) in [7, 11) is 3.27. The van der Waals surface area contributed by atoms with Crippen LogP contribution in [0.1, 0.15) is 62.6 Å². The molecule has 2 atom stereocenters. The van der Waals surface area contributed by atoms with Crippen LogP contribution in [0.15, 0.2) is 67.7 Å². The van der Waals surface area contributed by atoms with Gasteiger partial charge in [-0.1, -0.05) is 48.2 Å². The summed E-state index contributed by atoms with van der Waals surface area (Å²) in [6, 6.07) is 15.5. The van der Waals surface area contributed by atoms with Crippen molar-refractivity contribution >= 4 is 56.0 Å². The normalized spacial score (nSPS) is 16.2. The number of aryl methyl sites for hydroxylation is 4. The number of para-hydroxylation sites is 2. The second kappa shape index (κ2) is 19.5. The van der Waals surface area contributed by atoms with Gasteiger partial charge in [-0.25, -0.2) is 29.5 Å². The molecule has 0 amide bonds. The number of aromatic nitrogens is 12. The lowest BCUT2D eigenvalue weighted by atomic mass is 10.1. The molecule has 2 aliphatic rings. The summed E-state index contributed by atoms with van der Waals surface area (Å²) in [5, 5.41) is 9.27. The third kappa shape index (κ3) is 8.74. The third-order valence-electron chi connectivity index (χ3n) is 13.7. The Hall–Kier alpha value is -7.94. The fourth-order valence-corrected chi connectivity index (χ4v) is 10.1. The van der Waals surface area contributed by atoms with Gasteiger partial charge in [-0.15, -0.1) is 11.8 Å². The number of rotatable bonds is 12. The summed E-state index contributed by atoms with van der Waals surface area (Å²) in [5.74, 6) is 14.1. The minimum absolute atomic E-state index is 0.0898. The van der Waals surface area contributed by atoms with E-state index in [1.165, 1.54) is 18.3 Å². The predicted octanol–water partition coefficient (Wildman–Crippen LogP) is 2.53. The second-order valence-electron chi connectivity index (χ2n) is 18.3. The van der Waals surface area contributed by atoms with Crippen LogP contribution in [0.2, 0.25) is 0 Å². The van der Waals surface area contributed by atoms with Crippen molar-refractivity contribution in [3.05, 3.63) is 113 Å². The second-order valence-corrected chi connectivity index (χ2v) is 18.3. The van der Waals surface area contributed by atoms with Crippen LogP contribution in [-0.4, -0.2) is 102 Å². The van der Waals surface area contributed by atoms with Gasteiger partial charge < -0.3 is 9.80 Å². The van der Waals surface area contributed by atoms with Crippen LogP contribution in [0.25, 0.3) is 44.1 Å². The van der Waals surface area contributed by atoms with E-state index in [0.29, 0.717) is 65.6 Å². The molecule has 2 aliphatic heterocycles. The number of piperidine rings is 2. The fraction of sp³-hybridized carbons (Fsp3) is 0.412. The summed E-state index contributed by atoms with van der Waals surface area (Å²) >= 11 is 0. The molecule has 20 nitrogen and oxygen atoms in total. The molecular weight excluding hydrogens is 901 g/mol. The maximum Gasteiger partial charge on any atom is 0.332 e. The number of anilines is 2. The lowest BCUT2D eigenvalue weighted by Crippen LogP contribution is -2.53. The zero-order valence-electron chi connectivity index (χ0n) is 40.9. The van der Waals surface area contributed by atoms with E-state index in [4.69, 9.17) is 9.97 Å². The van der Waals surface area contributed by atoms with E-state index >= 15 is 0 Å². The van der Waals surface area contributed by atoms with Crippen molar-refractivity contribution in [1.82, 2.24) is 67.9 Å². The van der Waals surface area contributed by atoms with Gasteiger partial charge in [0.15, 0.2) is 22.3 Å². The van der Waals surface area contributed by atoms with E-state index in [2.05, 4.69) is 64.1 Å². The Kier molecular flexibility index (Phi) is 12.8. The van der Waals surface area contributed by atoms with Crippen LogP contribution in [0.4, 0.5) is 11.9 Å². The van der Waals surface area contributed by atoms with Crippen LogP contribution in [-0.2, 0) is 40.3 Å². The van der Waals surface area contributed by atoms with Crippen LogP contribution < -0.4 is 42.9 Å². The Morgan fingerprint density at radius 1 is 0.577 bits per heavy atom. The van der Waals surface area contributed by atoms with Crippen molar-refractivity contribution in [3.63, 3.8) is 0 Å². The maximum atomic E-state index is 14.4.